The molecule has 0 radical (unpaired) electrons. The summed E-state index contributed by atoms with van der Waals surface area (Å²) >= 11 is 6.13. The number of aliphatic imine (C=N–C) groups is 1. The van der Waals surface area contributed by atoms with Crippen LogP contribution < -0.4 is 10.2 Å². The molecule has 5 nitrogen and oxygen atoms in total. The predicted octanol–water partition coefficient (Wildman–Crippen LogP) is 4.73. The Labute approximate surface area is 192 Å². The molecular weight excluding hydrogens is 420 g/mol. The third-order valence-corrected chi connectivity index (χ3v) is 6.16. The average molecular weight is 443 g/mol. The van der Waals surface area contributed by atoms with Gasteiger partial charge < -0.3 is 5.32 Å². The molecule has 1 atom stereocenters. The van der Waals surface area contributed by atoms with Crippen LogP contribution in [-0.2, 0) is 11.2 Å². The second-order valence-corrected chi connectivity index (χ2v) is 8.27. The van der Waals surface area contributed by atoms with Crippen molar-refractivity contribution in [1.82, 2.24) is 10.3 Å². The molecule has 0 unspecified atom stereocenters. The molecule has 1 amide bonds. The zero-order chi connectivity index (χ0) is 22.1. The number of hydrogen-bond acceptors (Lipinski definition) is 4. The molecule has 5 rings (SSSR count). The van der Waals surface area contributed by atoms with Crippen molar-refractivity contribution in [2.24, 2.45) is 4.99 Å². The van der Waals surface area contributed by atoms with Gasteiger partial charge in [-0.2, -0.15) is 0 Å². The monoisotopic (exact) mass is 442 g/mol. The van der Waals surface area contributed by atoms with Gasteiger partial charge in [0.1, 0.15) is 5.70 Å². The lowest BCUT2D eigenvalue weighted by Gasteiger charge is -2.28. The van der Waals surface area contributed by atoms with E-state index in [1.807, 2.05) is 59.6 Å². The van der Waals surface area contributed by atoms with Gasteiger partial charge in [0.2, 0.25) is 0 Å². The maximum absolute atomic E-state index is 13.8. The third kappa shape index (κ3) is 3.59. The van der Waals surface area contributed by atoms with Crippen LogP contribution in [0.3, 0.4) is 0 Å². The van der Waals surface area contributed by atoms with Crippen LogP contribution in [0.2, 0.25) is 5.02 Å². The number of nitrogens with zero attached hydrogens (tertiary/aromatic N) is 3. The Morgan fingerprint density at radius 1 is 1.09 bits per heavy atom. The lowest BCUT2D eigenvalue weighted by atomic mass is 9.92. The maximum atomic E-state index is 13.8. The van der Waals surface area contributed by atoms with Crippen molar-refractivity contribution in [3.63, 3.8) is 0 Å². The molecule has 3 aromatic rings. The first-order valence-electron chi connectivity index (χ1n) is 10.8. The number of anilines is 1. The SMILES string of the molecule is CCc1ccc(N2C(=O)C3=C(C(c4ccc(Cl)cc4)=NCCN3)[C@@H]2c2cccnc2)cc1. The summed E-state index contributed by atoms with van der Waals surface area (Å²) in [5.41, 5.74) is 6.26. The first-order valence-corrected chi connectivity index (χ1v) is 11.2. The number of nitrogens with one attached hydrogen (secondary N) is 1. The highest BCUT2D eigenvalue weighted by atomic mass is 35.5. The number of aryl methyl sites for hydroxylation is 1. The number of amides is 1. The molecule has 32 heavy (non-hydrogen) atoms. The van der Waals surface area contributed by atoms with Gasteiger partial charge in [0.05, 0.1) is 18.3 Å². The molecule has 0 saturated heterocycles. The van der Waals surface area contributed by atoms with Crippen molar-refractivity contribution in [2.45, 2.75) is 19.4 Å². The zero-order valence-electron chi connectivity index (χ0n) is 17.8. The fourth-order valence-corrected chi connectivity index (χ4v) is 4.46. The van der Waals surface area contributed by atoms with Gasteiger partial charge in [0.15, 0.2) is 0 Å². The van der Waals surface area contributed by atoms with E-state index in [1.54, 1.807) is 6.20 Å². The van der Waals surface area contributed by atoms with E-state index in [4.69, 9.17) is 16.6 Å². The molecule has 0 spiro atoms. The lowest BCUT2D eigenvalue weighted by Crippen LogP contribution is -2.33. The summed E-state index contributed by atoms with van der Waals surface area (Å²) in [7, 11) is 0. The molecule has 0 saturated carbocycles. The van der Waals surface area contributed by atoms with Crippen molar-refractivity contribution in [1.29, 1.82) is 0 Å². The second kappa shape index (κ2) is 8.60. The molecule has 3 heterocycles. The second-order valence-electron chi connectivity index (χ2n) is 7.84. The Morgan fingerprint density at radius 3 is 2.56 bits per heavy atom. The van der Waals surface area contributed by atoms with Crippen LogP contribution in [-0.4, -0.2) is 29.7 Å². The summed E-state index contributed by atoms with van der Waals surface area (Å²) in [4.78, 5) is 24.9. The molecule has 2 aromatic carbocycles. The minimum absolute atomic E-state index is 0.0540. The quantitative estimate of drug-likeness (QED) is 0.635. The molecule has 0 fully saturated rings. The Bertz CT molecular complexity index is 1200. The number of halogens is 1. The van der Waals surface area contributed by atoms with E-state index in [1.165, 1.54) is 5.56 Å². The molecule has 1 aromatic heterocycles. The van der Waals surface area contributed by atoms with Crippen molar-refractivity contribution in [3.05, 3.63) is 106 Å². The molecule has 2 aliphatic heterocycles. The Morgan fingerprint density at radius 2 is 1.88 bits per heavy atom. The van der Waals surface area contributed by atoms with Crippen molar-refractivity contribution >= 4 is 28.9 Å². The van der Waals surface area contributed by atoms with Crippen molar-refractivity contribution < 1.29 is 4.79 Å². The van der Waals surface area contributed by atoms with Gasteiger partial charge >= 0.3 is 0 Å². The van der Waals surface area contributed by atoms with E-state index in [-0.39, 0.29) is 11.9 Å². The minimum atomic E-state index is -0.335. The van der Waals surface area contributed by atoms with Crippen LogP contribution in [0.1, 0.15) is 29.7 Å². The normalized spacial score (nSPS) is 18.2. The first kappa shape index (κ1) is 20.5. The summed E-state index contributed by atoms with van der Waals surface area (Å²) < 4.78 is 0. The summed E-state index contributed by atoms with van der Waals surface area (Å²) in [6.07, 6.45) is 4.52. The average Bonchev–Trinajstić information content (AvgIpc) is 2.97. The summed E-state index contributed by atoms with van der Waals surface area (Å²) in [6, 6.07) is 19.4. The fourth-order valence-electron chi connectivity index (χ4n) is 4.34. The van der Waals surface area contributed by atoms with Crippen LogP contribution in [0.5, 0.6) is 0 Å². The van der Waals surface area contributed by atoms with E-state index in [9.17, 15) is 4.79 Å². The van der Waals surface area contributed by atoms with Gasteiger partial charge in [-0.25, -0.2) is 0 Å². The van der Waals surface area contributed by atoms with Gasteiger partial charge in [-0.15, -0.1) is 0 Å². The summed E-state index contributed by atoms with van der Waals surface area (Å²) in [6.45, 7) is 3.31. The van der Waals surface area contributed by atoms with Crippen LogP contribution in [0.15, 0.2) is 89.3 Å². The van der Waals surface area contributed by atoms with Gasteiger partial charge in [0, 0.05) is 40.8 Å². The molecular formula is C26H23ClN4O. The zero-order valence-corrected chi connectivity index (χ0v) is 18.5. The highest BCUT2D eigenvalue weighted by Crippen LogP contribution is 2.42. The third-order valence-electron chi connectivity index (χ3n) is 5.91. The van der Waals surface area contributed by atoms with Crippen LogP contribution in [0, 0.1) is 0 Å². The largest absolute Gasteiger partial charge is 0.378 e. The van der Waals surface area contributed by atoms with Crippen molar-refractivity contribution in [3.8, 4) is 0 Å². The Balaban J connectivity index is 1.69. The number of carbonyl (C=O) groups excluding carboxylic acids is 1. The van der Waals surface area contributed by atoms with E-state index < -0.39 is 0 Å². The molecule has 2 aliphatic rings. The molecule has 0 bridgehead atoms. The van der Waals surface area contributed by atoms with E-state index >= 15 is 0 Å². The first-order chi connectivity index (χ1) is 15.7. The number of rotatable bonds is 4. The van der Waals surface area contributed by atoms with E-state index in [0.717, 1.165) is 34.5 Å². The molecule has 0 aliphatic carbocycles. The Hall–Kier alpha value is -3.44. The summed E-state index contributed by atoms with van der Waals surface area (Å²) in [5.74, 6) is -0.0540. The smallest absolute Gasteiger partial charge is 0.275 e. The fraction of sp³-hybridized carbons (Fsp3) is 0.192. The lowest BCUT2D eigenvalue weighted by molar-refractivity contribution is -0.115. The number of benzene rings is 2. The maximum Gasteiger partial charge on any atom is 0.275 e. The van der Waals surface area contributed by atoms with E-state index in [2.05, 4.69) is 29.4 Å². The molecule has 160 valence electrons. The number of hydrogen-bond donors (Lipinski definition) is 1. The predicted molar refractivity (Wildman–Crippen MR) is 128 cm³/mol. The van der Waals surface area contributed by atoms with E-state index in [0.29, 0.717) is 23.8 Å². The number of pyridine rings is 1. The topological polar surface area (TPSA) is 57.6 Å². The van der Waals surface area contributed by atoms with Crippen molar-refractivity contribution in [2.75, 3.05) is 18.0 Å². The van der Waals surface area contributed by atoms with Gasteiger partial charge in [-0.3, -0.25) is 19.7 Å². The standard InChI is InChI=1S/C26H23ClN4O/c1-2-17-5-11-21(12-6-17)31-25(19-4-3-13-28-16-19)22-23(18-7-9-20(27)10-8-18)29-14-15-30-24(22)26(31)32/h3-13,16,25,30H,2,14-15H2,1H3/t25-/m0/s1. The van der Waals surface area contributed by atoms with Gasteiger partial charge in [0.25, 0.3) is 5.91 Å². The number of carbonyl (C=O) groups is 1. The number of aromatic nitrogens is 1. The highest BCUT2D eigenvalue weighted by molar-refractivity contribution is 6.31. The van der Waals surface area contributed by atoms with Crippen LogP contribution in [0.4, 0.5) is 5.69 Å². The van der Waals surface area contributed by atoms with Gasteiger partial charge in [-0.1, -0.05) is 48.9 Å². The summed E-state index contributed by atoms with van der Waals surface area (Å²) in [5, 5.41) is 4.02. The van der Waals surface area contributed by atoms with Crippen LogP contribution >= 0.6 is 11.6 Å². The molecule has 6 heteroatoms. The van der Waals surface area contributed by atoms with Crippen LogP contribution in [0.25, 0.3) is 0 Å². The highest BCUT2D eigenvalue weighted by Gasteiger charge is 2.44. The molecule has 1 N–H and O–H groups in total. The Kier molecular flexibility index (Phi) is 5.50. The van der Waals surface area contributed by atoms with Gasteiger partial charge in [-0.05, 0) is 47.9 Å². The minimum Gasteiger partial charge on any atom is -0.378 e.